The number of ether oxygens (including phenoxy) is 2. The van der Waals surface area contributed by atoms with Crippen LogP contribution in [0.25, 0.3) is 11.0 Å². The van der Waals surface area contributed by atoms with Crippen LogP contribution in [0.4, 0.5) is 5.95 Å². The molecule has 2 N–H and O–H groups in total. The number of fused-ring (bicyclic) bond motifs is 2. The van der Waals surface area contributed by atoms with E-state index in [9.17, 15) is 4.79 Å². The molecule has 4 rings (SSSR count). The maximum Gasteiger partial charge on any atom is 0.263 e. The van der Waals surface area contributed by atoms with Gasteiger partial charge >= 0.3 is 0 Å². The van der Waals surface area contributed by atoms with Gasteiger partial charge in [0.05, 0.1) is 20.4 Å². The standard InChI is InChI=1S/C16H17N5O3/c1-23-12-5-9-3-4-21(8-10(9)6-13(12)24-2)16-18-14-11(7-17-20-14)15(22)19-16/h5-7H,3-4,8H2,1-2H3,(H2,17,18,19,20,22). The predicted molar refractivity (Wildman–Crippen MR) is 88.8 cm³/mol. The largest absolute Gasteiger partial charge is 0.493 e. The van der Waals surface area contributed by atoms with Gasteiger partial charge in [-0.3, -0.25) is 14.9 Å². The van der Waals surface area contributed by atoms with Gasteiger partial charge in [-0.25, -0.2) is 0 Å². The first-order valence-corrected chi connectivity index (χ1v) is 7.61. The van der Waals surface area contributed by atoms with Crippen LogP contribution in [0.1, 0.15) is 11.1 Å². The van der Waals surface area contributed by atoms with Crippen molar-refractivity contribution in [2.75, 3.05) is 25.7 Å². The van der Waals surface area contributed by atoms with Crippen LogP contribution in [-0.2, 0) is 13.0 Å². The second-order valence-corrected chi connectivity index (χ2v) is 5.67. The SMILES string of the molecule is COc1cc2c(cc1OC)CN(c1nc3[nH]ncc3c(=O)[nH]1)CC2. The molecule has 1 aromatic carbocycles. The number of anilines is 1. The van der Waals surface area contributed by atoms with Gasteiger partial charge in [0.25, 0.3) is 5.56 Å². The molecule has 0 atom stereocenters. The van der Waals surface area contributed by atoms with E-state index in [4.69, 9.17) is 9.47 Å². The van der Waals surface area contributed by atoms with Crippen molar-refractivity contribution < 1.29 is 9.47 Å². The second kappa shape index (κ2) is 5.55. The molecule has 0 fully saturated rings. The van der Waals surface area contributed by atoms with Crippen molar-refractivity contribution in [1.29, 1.82) is 0 Å². The molecular formula is C16H17N5O3. The number of nitrogens with zero attached hydrogens (tertiary/aromatic N) is 3. The average molecular weight is 327 g/mol. The normalized spacial score (nSPS) is 13.8. The molecule has 0 saturated heterocycles. The first-order valence-electron chi connectivity index (χ1n) is 7.61. The highest BCUT2D eigenvalue weighted by molar-refractivity contribution is 5.73. The smallest absolute Gasteiger partial charge is 0.263 e. The Bertz CT molecular complexity index is 962. The molecule has 8 nitrogen and oxygen atoms in total. The highest BCUT2D eigenvalue weighted by atomic mass is 16.5. The third-order valence-corrected chi connectivity index (χ3v) is 4.32. The lowest BCUT2D eigenvalue weighted by molar-refractivity contribution is 0.353. The Morgan fingerprint density at radius 2 is 1.92 bits per heavy atom. The molecule has 124 valence electrons. The van der Waals surface area contributed by atoms with Crippen LogP contribution in [0.3, 0.4) is 0 Å². The fraction of sp³-hybridized carbons (Fsp3) is 0.312. The number of benzene rings is 1. The van der Waals surface area contributed by atoms with Gasteiger partial charge < -0.3 is 14.4 Å². The van der Waals surface area contributed by atoms with Crippen LogP contribution in [0.5, 0.6) is 11.5 Å². The van der Waals surface area contributed by atoms with Crippen molar-refractivity contribution in [1.82, 2.24) is 20.2 Å². The monoisotopic (exact) mass is 327 g/mol. The van der Waals surface area contributed by atoms with Crippen LogP contribution in [-0.4, -0.2) is 40.9 Å². The molecule has 0 unspecified atom stereocenters. The minimum absolute atomic E-state index is 0.193. The minimum atomic E-state index is -0.193. The first kappa shape index (κ1) is 14.6. The molecule has 24 heavy (non-hydrogen) atoms. The molecule has 3 heterocycles. The summed E-state index contributed by atoms with van der Waals surface area (Å²) < 4.78 is 10.7. The summed E-state index contributed by atoms with van der Waals surface area (Å²) in [4.78, 5) is 21.4. The number of aromatic nitrogens is 4. The van der Waals surface area contributed by atoms with E-state index in [1.54, 1.807) is 14.2 Å². The maximum atomic E-state index is 12.1. The Kier molecular flexibility index (Phi) is 3.37. The van der Waals surface area contributed by atoms with Crippen LogP contribution >= 0.6 is 0 Å². The van der Waals surface area contributed by atoms with E-state index in [0.717, 1.165) is 24.3 Å². The van der Waals surface area contributed by atoms with Crippen molar-refractivity contribution in [3.05, 3.63) is 39.8 Å². The van der Waals surface area contributed by atoms with E-state index in [0.29, 0.717) is 29.3 Å². The molecule has 3 aromatic rings. The van der Waals surface area contributed by atoms with E-state index in [-0.39, 0.29) is 5.56 Å². The fourth-order valence-corrected chi connectivity index (χ4v) is 3.05. The number of hydrogen-bond acceptors (Lipinski definition) is 6. The van der Waals surface area contributed by atoms with Crippen molar-refractivity contribution in [3.63, 3.8) is 0 Å². The lowest BCUT2D eigenvalue weighted by Gasteiger charge is -2.29. The molecular weight excluding hydrogens is 310 g/mol. The Morgan fingerprint density at radius 1 is 1.17 bits per heavy atom. The van der Waals surface area contributed by atoms with Gasteiger partial charge in [0.2, 0.25) is 5.95 Å². The minimum Gasteiger partial charge on any atom is -0.493 e. The summed E-state index contributed by atoms with van der Waals surface area (Å²) in [5, 5.41) is 7.08. The lowest BCUT2D eigenvalue weighted by atomic mass is 9.99. The summed E-state index contributed by atoms with van der Waals surface area (Å²) in [6.07, 6.45) is 2.31. The summed E-state index contributed by atoms with van der Waals surface area (Å²) in [5.74, 6) is 1.97. The number of H-pyrrole nitrogens is 2. The van der Waals surface area contributed by atoms with Gasteiger partial charge in [-0.15, -0.1) is 0 Å². The van der Waals surface area contributed by atoms with E-state index >= 15 is 0 Å². The van der Waals surface area contributed by atoms with Gasteiger partial charge in [0, 0.05) is 13.1 Å². The molecule has 0 bridgehead atoms. The summed E-state index contributed by atoms with van der Waals surface area (Å²) >= 11 is 0. The molecule has 1 aliphatic rings. The summed E-state index contributed by atoms with van der Waals surface area (Å²) in [6.45, 7) is 1.39. The third-order valence-electron chi connectivity index (χ3n) is 4.32. The Morgan fingerprint density at radius 3 is 2.67 bits per heavy atom. The van der Waals surface area contributed by atoms with Crippen molar-refractivity contribution in [3.8, 4) is 11.5 Å². The Labute approximate surface area is 137 Å². The summed E-state index contributed by atoms with van der Waals surface area (Å²) in [5.41, 5.74) is 2.65. The van der Waals surface area contributed by atoms with Crippen molar-refractivity contribution in [2.45, 2.75) is 13.0 Å². The molecule has 8 heteroatoms. The van der Waals surface area contributed by atoms with E-state index < -0.39 is 0 Å². The molecule has 0 radical (unpaired) electrons. The number of methoxy groups -OCH3 is 2. The van der Waals surface area contributed by atoms with Crippen molar-refractivity contribution >= 4 is 17.0 Å². The third kappa shape index (κ3) is 2.27. The predicted octanol–water partition coefficient (Wildman–Crippen LogP) is 1.23. The summed E-state index contributed by atoms with van der Waals surface area (Å²) in [7, 11) is 3.25. The molecule has 0 amide bonds. The Balaban J connectivity index is 1.71. The van der Waals surface area contributed by atoms with Gasteiger partial charge in [0.15, 0.2) is 17.1 Å². The molecule has 0 saturated carbocycles. The van der Waals surface area contributed by atoms with Crippen LogP contribution in [0.15, 0.2) is 23.1 Å². The second-order valence-electron chi connectivity index (χ2n) is 5.67. The van der Waals surface area contributed by atoms with Gasteiger partial charge in [-0.1, -0.05) is 0 Å². The quantitative estimate of drug-likeness (QED) is 0.751. The fourth-order valence-electron chi connectivity index (χ4n) is 3.05. The maximum absolute atomic E-state index is 12.1. The zero-order chi connectivity index (χ0) is 16.7. The molecule has 0 spiro atoms. The highest BCUT2D eigenvalue weighted by Crippen LogP contribution is 2.33. The molecule has 0 aliphatic carbocycles. The number of hydrogen-bond donors (Lipinski definition) is 2. The Hall–Kier alpha value is -3.03. The first-order chi connectivity index (χ1) is 11.7. The lowest BCUT2D eigenvalue weighted by Crippen LogP contribution is -2.33. The van der Waals surface area contributed by atoms with Crippen molar-refractivity contribution in [2.24, 2.45) is 0 Å². The van der Waals surface area contributed by atoms with Gasteiger partial charge in [0.1, 0.15) is 5.39 Å². The van der Waals surface area contributed by atoms with E-state index in [2.05, 4.69) is 20.2 Å². The zero-order valence-corrected chi connectivity index (χ0v) is 13.4. The molecule has 1 aliphatic heterocycles. The number of nitrogens with one attached hydrogen (secondary N) is 2. The topological polar surface area (TPSA) is 96.1 Å². The summed E-state index contributed by atoms with van der Waals surface area (Å²) in [6, 6.07) is 3.99. The van der Waals surface area contributed by atoms with E-state index in [1.807, 2.05) is 17.0 Å². The van der Waals surface area contributed by atoms with Gasteiger partial charge in [-0.2, -0.15) is 10.1 Å². The zero-order valence-electron chi connectivity index (χ0n) is 13.4. The number of aromatic amines is 2. The average Bonchev–Trinajstić information content (AvgIpc) is 3.09. The van der Waals surface area contributed by atoms with Crippen LogP contribution < -0.4 is 19.9 Å². The van der Waals surface area contributed by atoms with Gasteiger partial charge in [-0.05, 0) is 29.7 Å². The molecule has 2 aromatic heterocycles. The van der Waals surface area contributed by atoms with E-state index in [1.165, 1.54) is 11.8 Å². The number of rotatable bonds is 3. The van der Waals surface area contributed by atoms with Crippen LogP contribution in [0, 0.1) is 0 Å². The highest BCUT2D eigenvalue weighted by Gasteiger charge is 2.21. The van der Waals surface area contributed by atoms with Crippen LogP contribution in [0.2, 0.25) is 0 Å².